The molecule has 1 aromatic heterocycles. The number of nitrogens with one attached hydrogen (secondary N) is 6. The highest BCUT2D eigenvalue weighted by atomic mass is 16.2. The monoisotopic (exact) mass is 717 g/mol. The van der Waals surface area contributed by atoms with Crippen LogP contribution < -0.4 is 26.6 Å². The number of aromatic amines is 1. The van der Waals surface area contributed by atoms with Gasteiger partial charge in [0.05, 0.1) is 16.8 Å². The molecule has 0 unspecified atom stereocenters. The van der Waals surface area contributed by atoms with Gasteiger partial charge in [0.1, 0.15) is 0 Å². The number of carbonyl (C=O) groups excluding carboxylic acids is 4. The summed E-state index contributed by atoms with van der Waals surface area (Å²) in [5, 5.41) is 14.3. The minimum Gasteiger partial charge on any atom is -0.358 e. The van der Waals surface area contributed by atoms with Crippen molar-refractivity contribution >= 4 is 58.2 Å². The Hall–Kier alpha value is -5.76. The Kier molecular flexibility index (Phi) is 11.4. The SMILES string of the molecule is Cc1[nH]c(/C=C2\C(=O)Nc3cc(NC(=O)Nc4cccc(NC(=O)c5ccc(CN6CCN(C)CC6)cc5)c4)ccc32)c(C)c1C(=O)NCCN(C)C. The summed E-state index contributed by atoms with van der Waals surface area (Å²) in [4.78, 5) is 61.9. The van der Waals surface area contributed by atoms with Crippen molar-refractivity contribution in [2.75, 3.05) is 81.7 Å². The molecular weight excluding hydrogens is 670 g/mol. The summed E-state index contributed by atoms with van der Waals surface area (Å²) in [7, 11) is 6.03. The molecule has 0 radical (unpaired) electrons. The first-order chi connectivity index (χ1) is 25.4. The molecule has 3 aromatic carbocycles. The summed E-state index contributed by atoms with van der Waals surface area (Å²) < 4.78 is 0. The van der Waals surface area contributed by atoms with E-state index in [1.807, 2.05) is 57.1 Å². The van der Waals surface area contributed by atoms with Crippen molar-refractivity contribution in [2.24, 2.45) is 0 Å². The van der Waals surface area contributed by atoms with E-state index in [0.717, 1.165) is 50.5 Å². The molecule has 0 spiro atoms. The quantitative estimate of drug-likeness (QED) is 0.119. The van der Waals surface area contributed by atoms with Crippen LogP contribution in [-0.2, 0) is 11.3 Å². The van der Waals surface area contributed by atoms with Gasteiger partial charge in [0.25, 0.3) is 17.7 Å². The van der Waals surface area contributed by atoms with Gasteiger partial charge in [-0.15, -0.1) is 0 Å². The maximum absolute atomic E-state index is 13.0. The zero-order valence-electron chi connectivity index (χ0n) is 30.9. The maximum Gasteiger partial charge on any atom is 0.323 e. The lowest BCUT2D eigenvalue weighted by atomic mass is 10.0. The van der Waals surface area contributed by atoms with Crippen LogP contribution in [0.5, 0.6) is 0 Å². The Morgan fingerprint density at radius 3 is 2.23 bits per heavy atom. The standard InChI is InChI=1S/C40H47N9O4/c1-25-34(42-26(2)36(25)39(52)41-15-16-47(3)4)23-33-32-14-13-31(22-35(32)46-38(33)51)45-40(53)44-30-8-6-7-29(21-30)43-37(50)28-11-9-27(10-12-28)24-49-19-17-48(5)18-20-49/h6-14,21-23,42H,15-20,24H2,1-5H3,(H,41,52)(H,43,50)(H,46,51)(H2,44,45,53)/b33-23-. The fourth-order valence-corrected chi connectivity index (χ4v) is 6.50. The van der Waals surface area contributed by atoms with E-state index in [2.05, 4.69) is 48.4 Å². The molecule has 3 heterocycles. The lowest BCUT2D eigenvalue weighted by molar-refractivity contribution is -0.110. The number of anilines is 4. The van der Waals surface area contributed by atoms with Gasteiger partial charge in [-0.05, 0) is 94.7 Å². The fraction of sp³-hybridized carbons (Fsp3) is 0.300. The Morgan fingerprint density at radius 1 is 0.849 bits per heavy atom. The molecule has 13 heteroatoms. The third-order valence-corrected chi connectivity index (χ3v) is 9.49. The van der Waals surface area contributed by atoms with Gasteiger partial charge in [-0.2, -0.15) is 0 Å². The van der Waals surface area contributed by atoms with E-state index >= 15 is 0 Å². The molecule has 1 fully saturated rings. The van der Waals surface area contributed by atoms with Crippen LogP contribution >= 0.6 is 0 Å². The molecule has 4 aromatic rings. The van der Waals surface area contributed by atoms with Gasteiger partial charge in [0.15, 0.2) is 0 Å². The van der Waals surface area contributed by atoms with Crippen LogP contribution in [0.15, 0.2) is 66.7 Å². The average molecular weight is 718 g/mol. The van der Waals surface area contributed by atoms with Crippen molar-refractivity contribution < 1.29 is 19.2 Å². The second kappa shape index (κ2) is 16.3. The van der Waals surface area contributed by atoms with Crippen LogP contribution in [0.4, 0.5) is 27.5 Å². The number of urea groups is 1. The lowest BCUT2D eigenvalue weighted by Gasteiger charge is -2.32. The third-order valence-electron chi connectivity index (χ3n) is 9.49. The summed E-state index contributed by atoms with van der Waals surface area (Å²) in [6.07, 6.45) is 1.75. The Bertz CT molecular complexity index is 2040. The molecule has 53 heavy (non-hydrogen) atoms. The van der Waals surface area contributed by atoms with Crippen LogP contribution in [0.3, 0.4) is 0 Å². The molecule has 276 valence electrons. The number of hydrogen-bond acceptors (Lipinski definition) is 7. The highest BCUT2D eigenvalue weighted by Crippen LogP contribution is 2.36. The number of likely N-dealkylation sites (N-methyl/N-ethyl adjacent to an activating group) is 2. The summed E-state index contributed by atoms with van der Waals surface area (Å²) in [6, 6.07) is 19.3. The Labute approximate surface area is 309 Å². The van der Waals surface area contributed by atoms with Gasteiger partial charge < -0.3 is 41.4 Å². The van der Waals surface area contributed by atoms with Gasteiger partial charge >= 0.3 is 6.03 Å². The number of H-pyrrole nitrogens is 1. The van der Waals surface area contributed by atoms with Gasteiger partial charge in [-0.25, -0.2) is 4.79 Å². The smallest absolute Gasteiger partial charge is 0.323 e. The van der Waals surface area contributed by atoms with Crippen molar-refractivity contribution in [3.05, 3.63) is 106 Å². The van der Waals surface area contributed by atoms with Gasteiger partial charge in [0, 0.05) is 85.4 Å². The summed E-state index contributed by atoms with van der Waals surface area (Å²) in [5.74, 6) is -0.692. The highest BCUT2D eigenvalue weighted by molar-refractivity contribution is 6.35. The Balaban J connectivity index is 1.05. The van der Waals surface area contributed by atoms with Crippen LogP contribution in [-0.4, -0.2) is 104 Å². The molecule has 2 aliphatic rings. The molecule has 6 N–H and O–H groups in total. The molecule has 2 aliphatic heterocycles. The summed E-state index contributed by atoms with van der Waals surface area (Å²) in [6.45, 7) is 9.97. The molecule has 6 rings (SSSR count). The highest BCUT2D eigenvalue weighted by Gasteiger charge is 2.26. The van der Waals surface area contributed by atoms with Crippen molar-refractivity contribution in [3.8, 4) is 0 Å². The lowest BCUT2D eigenvalue weighted by Crippen LogP contribution is -2.43. The number of rotatable bonds is 11. The number of hydrogen-bond donors (Lipinski definition) is 6. The average Bonchev–Trinajstić information content (AvgIpc) is 3.58. The molecule has 1 saturated heterocycles. The molecular formula is C40H47N9O4. The first kappa shape index (κ1) is 37.0. The van der Waals surface area contributed by atoms with E-state index in [4.69, 9.17) is 0 Å². The van der Waals surface area contributed by atoms with Crippen molar-refractivity contribution in [1.82, 2.24) is 25.0 Å². The van der Waals surface area contributed by atoms with Gasteiger partial charge in [-0.1, -0.05) is 24.3 Å². The van der Waals surface area contributed by atoms with Crippen LogP contribution in [0, 0.1) is 13.8 Å². The number of amides is 5. The molecule has 0 bridgehead atoms. The number of piperazine rings is 1. The molecule has 0 saturated carbocycles. The number of aromatic nitrogens is 1. The first-order valence-corrected chi connectivity index (χ1v) is 17.7. The van der Waals surface area contributed by atoms with E-state index < -0.39 is 6.03 Å². The predicted molar refractivity (Wildman–Crippen MR) is 210 cm³/mol. The number of aryl methyl sites for hydroxylation is 1. The van der Waals surface area contributed by atoms with E-state index in [-0.39, 0.29) is 17.7 Å². The second-order valence-electron chi connectivity index (χ2n) is 13.9. The number of carbonyl (C=O) groups is 4. The summed E-state index contributed by atoms with van der Waals surface area (Å²) >= 11 is 0. The summed E-state index contributed by atoms with van der Waals surface area (Å²) in [5.41, 5.74) is 7.61. The number of benzene rings is 3. The van der Waals surface area contributed by atoms with E-state index in [1.54, 1.807) is 48.5 Å². The minimum absolute atomic E-state index is 0.165. The van der Waals surface area contributed by atoms with Gasteiger partial charge in [0.2, 0.25) is 0 Å². The first-order valence-electron chi connectivity index (χ1n) is 17.7. The van der Waals surface area contributed by atoms with E-state index in [0.29, 0.717) is 57.3 Å². The van der Waals surface area contributed by atoms with Crippen LogP contribution in [0.1, 0.15) is 48.8 Å². The van der Waals surface area contributed by atoms with E-state index in [1.165, 1.54) is 5.56 Å². The number of nitrogens with zero attached hydrogens (tertiary/aromatic N) is 3. The maximum atomic E-state index is 13.0. The molecule has 0 aliphatic carbocycles. The minimum atomic E-state index is -0.488. The predicted octanol–water partition coefficient (Wildman–Crippen LogP) is 5.06. The van der Waals surface area contributed by atoms with Crippen LogP contribution in [0.25, 0.3) is 11.6 Å². The van der Waals surface area contributed by atoms with Crippen molar-refractivity contribution in [2.45, 2.75) is 20.4 Å². The Morgan fingerprint density at radius 2 is 1.53 bits per heavy atom. The molecule has 13 nitrogen and oxygen atoms in total. The zero-order chi connectivity index (χ0) is 37.6. The van der Waals surface area contributed by atoms with Crippen molar-refractivity contribution in [1.29, 1.82) is 0 Å². The fourth-order valence-electron chi connectivity index (χ4n) is 6.50. The van der Waals surface area contributed by atoms with Crippen LogP contribution in [0.2, 0.25) is 0 Å². The molecule has 5 amide bonds. The largest absolute Gasteiger partial charge is 0.358 e. The third kappa shape index (κ3) is 9.19. The van der Waals surface area contributed by atoms with E-state index in [9.17, 15) is 19.2 Å². The van der Waals surface area contributed by atoms with Gasteiger partial charge in [-0.3, -0.25) is 19.3 Å². The zero-order valence-corrected chi connectivity index (χ0v) is 30.9. The number of fused-ring (bicyclic) bond motifs is 1. The molecule has 0 atom stereocenters. The topological polar surface area (TPSA) is 154 Å². The normalized spacial score (nSPS) is 15.3. The van der Waals surface area contributed by atoms with Crippen molar-refractivity contribution in [3.63, 3.8) is 0 Å². The second-order valence-corrected chi connectivity index (χ2v) is 13.9.